The lowest BCUT2D eigenvalue weighted by molar-refractivity contribution is 0.0600. The molecule has 0 saturated carbocycles. The molecule has 1 amide bonds. The van der Waals surface area contributed by atoms with Gasteiger partial charge < -0.3 is 10.1 Å². The van der Waals surface area contributed by atoms with Gasteiger partial charge in [-0.2, -0.15) is 0 Å². The Hall–Kier alpha value is -2.47. The fraction of sp³-hybridized carbons (Fsp3) is 0.125. The summed E-state index contributed by atoms with van der Waals surface area (Å²) in [5.74, 6) is -3.61. The minimum Gasteiger partial charge on any atom is -0.465 e. The van der Waals surface area contributed by atoms with Gasteiger partial charge in [-0.05, 0) is 36.8 Å². The van der Waals surface area contributed by atoms with Crippen molar-refractivity contribution in [2.45, 2.75) is 6.92 Å². The first kappa shape index (κ1) is 16.9. The van der Waals surface area contributed by atoms with E-state index in [2.05, 4.69) is 10.1 Å². The van der Waals surface area contributed by atoms with E-state index in [0.717, 1.165) is 6.07 Å². The highest BCUT2D eigenvalue weighted by molar-refractivity contribution is 6.34. The van der Waals surface area contributed by atoms with Gasteiger partial charge in [0.1, 0.15) is 0 Å². The van der Waals surface area contributed by atoms with Crippen molar-refractivity contribution in [1.82, 2.24) is 0 Å². The number of ether oxygens (including phenoxy) is 1. The molecule has 7 heteroatoms. The van der Waals surface area contributed by atoms with Crippen molar-refractivity contribution in [3.8, 4) is 0 Å². The van der Waals surface area contributed by atoms with Crippen LogP contribution < -0.4 is 5.32 Å². The molecule has 0 aliphatic rings. The van der Waals surface area contributed by atoms with Crippen LogP contribution >= 0.6 is 11.6 Å². The molecule has 0 aliphatic heterocycles. The zero-order valence-corrected chi connectivity index (χ0v) is 13.0. The van der Waals surface area contributed by atoms with Gasteiger partial charge in [0.2, 0.25) is 0 Å². The third-order valence-corrected chi connectivity index (χ3v) is 3.47. The summed E-state index contributed by atoms with van der Waals surface area (Å²) in [6.45, 7) is 1.71. The van der Waals surface area contributed by atoms with Crippen molar-refractivity contribution in [1.29, 1.82) is 0 Å². The van der Waals surface area contributed by atoms with Gasteiger partial charge in [0.05, 0.1) is 23.3 Å². The van der Waals surface area contributed by atoms with E-state index in [4.69, 9.17) is 11.6 Å². The van der Waals surface area contributed by atoms with Crippen LogP contribution in [0.2, 0.25) is 5.02 Å². The molecule has 0 bridgehead atoms. The van der Waals surface area contributed by atoms with E-state index in [-0.39, 0.29) is 16.1 Å². The largest absolute Gasteiger partial charge is 0.465 e. The van der Waals surface area contributed by atoms with Crippen LogP contribution in [0.3, 0.4) is 0 Å². The van der Waals surface area contributed by atoms with E-state index in [1.54, 1.807) is 19.1 Å². The molecule has 0 radical (unpaired) electrons. The molecule has 2 rings (SSSR count). The Balaban J connectivity index is 2.34. The number of hydrogen-bond acceptors (Lipinski definition) is 3. The van der Waals surface area contributed by atoms with E-state index in [1.807, 2.05) is 0 Å². The summed E-state index contributed by atoms with van der Waals surface area (Å²) in [6, 6.07) is 6.03. The molecule has 0 aliphatic carbocycles. The van der Waals surface area contributed by atoms with E-state index in [1.165, 1.54) is 13.2 Å². The molecule has 0 atom stereocenters. The Bertz CT molecular complexity index is 793. The number of esters is 1. The van der Waals surface area contributed by atoms with E-state index < -0.39 is 23.5 Å². The van der Waals surface area contributed by atoms with Gasteiger partial charge in [-0.3, -0.25) is 4.79 Å². The van der Waals surface area contributed by atoms with Crippen LogP contribution in [-0.2, 0) is 4.74 Å². The maximum atomic E-state index is 13.3. The van der Waals surface area contributed by atoms with E-state index >= 15 is 0 Å². The standard InChI is InChI=1S/C16H12ClF2NO3/c1-8-3-4-9(16(22)23-2)5-14(8)20-15(21)10-6-12(18)13(19)7-11(10)17/h3-7H,1-2H3,(H,20,21). The van der Waals surface area contributed by atoms with Crippen LogP contribution in [0.25, 0.3) is 0 Å². The third-order valence-electron chi connectivity index (χ3n) is 3.16. The van der Waals surface area contributed by atoms with Gasteiger partial charge in [0.25, 0.3) is 5.91 Å². The van der Waals surface area contributed by atoms with Crippen LogP contribution in [0.4, 0.5) is 14.5 Å². The molecule has 0 saturated heterocycles. The predicted molar refractivity (Wildman–Crippen MR) is 81.8 cm³/mol. The average molecular weight is 340 g/mol. The van der Waals surface area contributed by atoms with Crippen molar-refractivity contribution in [2.75, 3.05) is 12.4 Å². The van der Waals surface area contributed by atoms with Crippen molar-refractivity contribution in [2.24, 2.45) is 0 Å². The van der Waals surface area contributed by atoms with Crippen LogP contribution in [0.5, 0.6) is 0 Å². The first-order chi connectivity index (χ1) is 10.8. The molecule has 2 aromatic carbocycles. The fourth-order valence-corrected chi connectivity index (χ4v) is 2.12. The maximum absolute atomic E-state index is 13.3. The maximum Gasteiger partial charge on any atom is 0.337 e. The number of carbonyl (C=O) groups is 2. The molecular formula is C16H12ClF2NO3. The second kappa shape index (κ2) is 6.75. The first-order valence-corrected chi connectivity index (χ1v) is 6.86. The number of carbonyl (C=O) groups excluding carboxylic acids is 2. The number of aryl methyl sites for hydroxylation is 1. The Morgan fingerprint density at radius 2 is 1.78 bits per heavy atom. The van der Waals surface area contributed by atoms with Crippen LogP contribution in [0, 0.1) is 18.6 Å². The van der Waals surface area contributed by atoms with Crippen LogP contribution in [0.15, 0.2) is 30.3 Å². The predicted octanol–water partition coefficient (Wildman–Crippen LogP) is 3.97. The minimum atomic E-state index is -1.18. The highest BCUT2D eigenvalue weighted by atomic mass is 35.5. The average Bonchev–Trinajstić information content (AvgIpc) is 2.52. The molecular weight excluding hydrogens is 328 g/mol. The third kappa shape index (κ3) is 3.65. The van der Waals surface area contributed by atoms with Crippen molar-refractivity contribution in [3.63, 3.8) is 0 Å². The topological polar surface area (TPSA) is 55.4 Å². The highest BCUT2D eigenvalue weighted by Crippen LogP contribution is 2.23. The lowest BCUT2D eigenvalue weighted by Crippen LogP contribution is -2.15. The Morgan fingerprint density at radius 1 is 1.13 bits per heavy atom. The van der Waals surface area contributed by atoms with Gasteiger partial charge in [0, 0.05) is 5.69 Å². The smallest absolute Gasteiger partial charge is 0.337 e. The van der Waals surface area contributed by atoms with Crippen LogP contribution in [-0.4, -0.2) is 19.0 Å². The minimum absolute atomic E-state index is 0.214. The molecule has 0 spiro atoms. The van der Waals surface area contributed by atoms with Crippen molar-refractivity contribution in [3.05, 3.63) is 63.7 Å². The zero-order valence-electron chi connectivity index (χ0n) is 12.2. The number of anilines is 1. The first-order valence-electron chi connectivity index (χ1n) is 6.48. The lowest BCUT2D eigenvalue weighted by atomic mass is 10.1. The highest BCUT2D eigenvalue weighted by Gasteiger charge is 2.17. The molecule has 0 aromatic heterocycles. The van der Waals surface area contributed by atoms with Gasteiger partial charge in [-0.15, -0.1) is 0 Å². The summed E-state index contributed by atoms with van der Waals surface area (Å²) in [7, 11) is 1.24. The second-order valence-electron chi connectivity index (χ2n) is 4.72. The zero-order chi connectivity index (χ0) is 17.1. The summed E-state index contributed by atoms with van der Waals surface area (Å²) < 4.78 is 30.9. The molecule has 120 valence electrons. The number of rotatable bonds is 3. The van der Waals surface area contributed by atoms with E-state index in [0.29, 0.717) is 17.3 Å². The molecule has 23 heavy (non-hydrogen) atoms. The number of halogens is 3. The molecule has 1 N–H and O–H groups in total. The Kier molecular flexibility index (Phi) is 4.95. The summed E-state index contributed by atoms with van der Waals surface area (Å²) in [4.78, 5) is 23.7. The van der Waals surface area contributed by atoms with Crippen LogP contribution in [0.1, 0.15) is 26.3 Å². The van der Waals surface area contributed by atoms with Crippen molar-refractivity contribution < 1.29 is 23.1 Å². The molecule has 0 unspecified atom stereocenters. The summed E-state index contributed by atoms with van der Waals surface area (Å²) >= 11 is 5.76. The van der Waals surface area contributed by atoms with Gasteiger partial charge >= 0.3 is 5.97 Å². The van der Waals surface area contributed by atoms with Gasteiger partial charge in [-0.1, -0.05) is 17.7 Å². The quantitative estimate of drug-likeness (QED) is 0.680. The number of amides is 1. The normalized spacial score (nSPS) is 10.3. The second-order valence-corrected chi connectivity index (χ2v) is 5.13. The Labute approximate surface area is 136 Å². The number of nitrogens with one attached hydrogen (secondary N) is 1. The Morgan fingerprint density at radius 3 is 2.43 bits per heavy atom. The van der Waals surface area contributed by atoms with Gasteiger partial charge in [-0.25, -0.2) is 13.6 Å². The lowest BCUT2D eigenvalue weighted by Gasteiger charge is -2.11. The number of benzene rings is 2. The SMILES string of the molecule is COC(=O)c1ccc(C)c(NC(=O)c2cc(F)c(F)cc2Cl)c1. The monoisotopic (exact) mass is 339 g/mol. The van der Waals surface area contributed by atoms with Crippen molar-refractivity contribution >= 4 is 29.2 Å². The van der Waals surface area contributed by atoms with E-state index in [9.17, 15) is 18.4 Å². The molecule has 2 aromatic rings. The number of methoxy groups -OCH3 is 1. The summed E-state index contributed by atoms with van der Waals surface area (Å²) in [6.07, 6.45) is 0. The molecule has 4 nitrogen and oxygen atoms in total. The summed E-state index contributed by atoms with van der Waals surface area (Å²) in [5.41, 5.74) is 1.03. The molecule has 0 heterocycles. The fourth-order valence-electron chi connectivity index (χ4n) is 1.89. The summed E-state index contributed by atoms with van der Waals surface area (Å²) in [5, 5.41) is 2.29. The molecule has 0 fully saturated rings. The van der Waals surface area contributed by atoms with Gasteiger partial charge in [0.15, 0.2) is 11.6 Å². The number of hydrogen-bond donors (Lipinski definition) is 1.